The zero-order valence-corrected chi connectivity index (χ0v) is 18.8. The smallest absolute Gasteiger partial charge is 0.328 e. The van der Waals surface area contributed by atoms with Crippen LogP contribution in [0.2, 0.25) is 0 Å². The molecule has 0 atom stereocenters. The number of amides is 1. The van der Waals surface area contributed by atoms with Gasteiger partial charge in [-0.1, -0.05) is 0 Å². The molecule has 0 saturated heterocycles. The lowest BCUT2D eigenvalue weighted by Gasteiger charge is -2.22. The van der Waals surface area contributed by atoms with E-state index in [1.165, 1.54) is 44.4 Å². The number of benzene rings is 2. The summed E-state index contributed by atoms with van der Waals surface area (Å²) in [6.45, 7) is 1.68. The molecule has 1 amide bonds. The van der Waals surface area contributed by atoms with Crippen LogP contribution in [0.1, 0.15) is 22.8 Å². The van der Waals surface area contributed by atoms with Crippen molar-refractivity contribution in [3.63, 3.8) is 0 Å². The van der Waals surface area contributed by atoms with Crippen LogP contribution in [-0.4, -0.2) is 54.2 Å². The fourth-order valence-corrected chi connectivity index (χ4v) is 3.46. The van der Waals surface area contributed by atoms with Gasteiger partial charge >= 0.3 is 11.7 Å². The molecule has 2 aromatic carbocycles. The molecule has 0 aliphatic rings. The van der Waals surface area contributed by atoms with E-state index in [0.29, 0.717) is 17.1 Å². The van der Waals surface area contributed by atoms with Gasteiger partial charge in [0.2, 0.25) is 0 Å². The summed E-state index contributed by atoms with van der Waals surface area (Å²) in [5.41, 5.74) is 0.107. The van der Waals surface area contributed by atoms with Gasteiger partial charge in [-0.2, -0.15) is 0 Å². The van der Waals surface area contributed by atoms with Gasteiger partial charge in [0.15, 0.2) is 0 Å². The monoisotopic (exact) mass is 455 g/mol. The van der Waals surface area contributed by atoms with Crippen molar-refractivity contribution in [1.29, 1.82) is 0 Å². The number of H-pyrrole nitrogens is 1. The predicted molar refractivity (Wildman–Crippen MR) is 121 cm³/mol. The Hall–Kier alpha value is -4.08. The maximum absolute atomic E-state index is 13.3. The van der Waals surface area contributed by atoms with E-state index in [1.807, 2.05) is 0 Å². The molecule has 10 heteroatoms. The lowest BCUT2D eigenvalue weighted by atomic mass is 10.1. The van der Waals surface area contributed by atoms with Gasteiger partial charge in [0, 0.05) is 24.7 Å². The highest BCUT2D eigenvalue weighted by Gasteiger charge is 2.21. The quantitative estimate of drug-likeness (QED) is 0.512. The van der Waals surface area contributed by atoms with E-state index in [2.05, 4.69) is 4.98 Å². The molecule has 174 valence electrons. The van der Waals surface area contributed by atoms with Gasteiger partial charge in [0.1, 0.15) is 18.0 Å². The Kier molecular flexibility index (Phi) is 7.17. The standard InChI is InChI=1S/C23H25N3O7/c1-5-26-22(29)18-7-6-15(10-19(18)24-23(26)30)21(28)25(13-20(27)33-4)12-14-8-16(31-2)11-17(9-14)32-3/h6-11H,5,12-13H2,1-4H3,(H,24,30). The molecule has 0 radical (unpaired) electrons. The summed E-state index contributed by atoms with van der Waals surface area (Å²) in [6.07, 6.45) is 0. The molecule has 0 aliphatic carbocycles. The van der Waals surface area contributed by atoms with Crippen molar-refractivity contribution in [2.45, 2.75) is 20.0 Å². The highest BCUT2D eigenvalue weighted by atomic mass is 16.5. The summed E-state index contributed by atoms with van der Waals surface area (Å²) in [5, 5.41) is 0.282. The predicted octanol–water partition coefficient (Wildman–Crippen LogP) is 1.54. The summed E-state index contributed by atoms with van der Waals surface area (Å²) in [6, 6.07) is 9.55. The van der Waals surface area contributed by atoms with E-state index in [0.717, 1.165) is 4.57 Å². The number of carbonyl (C=O) groups is 2. The van der Waals surface area contributed by atoms with Crippen molar-refractivity contribution in [3.05, 3.63) is 68.4 Å². The maximum Gasteiger partial charge on any atom is 0.328 e. The SMILES string of the molecule is CCn1c(=O)[nH]c2cc(C(=O)N(CC(=O)OC)Cc3cc(OC)cc(OC)c3)ccc2c1=O. The van der Waals surface area contributed by atoms with Gasteiger partial charge in [-0.3, -0.25) is 19.0 Å². The molecule has 1 heterocycles. The topological polar surface area (TPSA) is 120 Å². The third-order valence-corrected chi connectivity index (χ3v) is 5.16. The van der Waals surface area contributed by atoms with Gasteiger partial charge in [0.25, 0.3) is 11.5 Å². The first-order chi connectivity index (χ1) is 15.8. The van der Waals surface area contributed by atoms with Crippen LogP contribution in [0.4, 0.5) is 0 Å². The molecular formula is C23H25N3O7. The highest BCUT2D eigenvalue weighted by molar-refractivity contribution is 5.98. The number of aromatic amines is 1. The molecule has 0 bridgehead atoms. The fourth-order valence-electron chi connectivity index (χ4n) is 3.46. The van der Waals surface area contributed by atoms with E-state index in [-0.39, 0.29) is 36.1 Å². The lowest BCUT2D eigenvalue weighted by molar-refractivity contribution is -0.141. The second kappa shape index (κ2) is 10.0. The van der Waals surface area contributed by atoms with Crippen molar-refractivity contribution < 1.29 is 23.8 Å². The Morgan fingerprint density at radius 2 is 1.67 bits per heavy atom. The lowest BCUT2D eigenvalue weighted by Crippen LogP contribution is -2.36. The number of esters is 1. The number of rotatable bonds is 8. The number of hydrogen-bond acceptors (Lipinski definition) is 7. The number of hydrogen-bond donors (Lipinski definition) is 1. The fraction of sp³-hybridized carbons (Fsp3) is 0.304. The molecule has 0 spiro atoms. The molecule has 0 saturated carbocycles. The van der Waals surface area contributed by atoms with Crippen LogP contribution in [-0.2, 0) is 22.6 Å². The Labute approximate surface area is 189 Å². The Balaban J connectivity index is 2.02. The van der Waals surface area contributed by atoms with Gasteiger partial charge < -0.3 is 24.1 Å². The first kappa shape index (κ1) is 23.6. The van der Waals surface area contributed by atoms with Crippen LogP contribution in [0.15, 0.2) is 46.0 Å². The molecule has 0 fully saturated rings. The minimum absolute atomic E-state index is 0.0630. The van der Waals surface area contributed by atoms with E-state index in [1.54, 1.807) is 25.1 Å². The molecule has 1 aromatic heterocycles. The summed E-state index contributed by atoms with van der Waals surface area (Å²) >= 11 is 0. The summed E-state index contributed by atoms with van der Waals surface area (Å²) in [5.74, 6) is -0.0153. The normalized spacial score (nSPS) is 10.7. The van der Waals surface area contributed by atoms with Crippen molar-refractivity contribution in [2.24, 2.45) is 0 Å². The van der Waals surface area contributed by atoms with E-state index >= 15 is 0 Å². The van der Waals surface area contributed by atoms with Gasteiger partial charge in [0.05, 0.1) is 32.2 Å². The number of carbonyl (C=O) groups excluding carboxylic acids is 2. The van der Waals surface area contributed by atoms with Gasteiger partial charge in [-0.05, 0) is 42.8 Å². The number of aromatic nitrogens is 2. The van der Waals surface area contributed by atoms with Crippen LogP contribution >= 0.6 is 0 Å². The molecule has 3 rings (SSSR count). The Morgan fingerprint density at radius 1 is 1.00 bits per heavy atom. The highest BCUT2D eigenvalue weighted by Crippen LogP contribution is 2.24. The van der Waals surface area contributed by atoms with Crippen molar-refractivity contribution in [2.75, 3.05) is 27.9 Å². The first-order valence-electron chi connectivity index (χ1n) is 10.2. The zero-order valence-electron chi connectivity index (χ0n) is 18.8. The van der Waals surface area contributed by atoms with Crippen LogP contribution < -0.4 is 20.7 Å². The van der Waals surface area contributed by atoms with Gasteiger partial charge in [-0.15, -0.1) is 0 Å². The maximum atomic E-state index is 13.3. The van der Waals surface area contributed by atoms with E-state index < -0.39 is 23.1 Å². The Morgan fingerprint density at radius 3 is 2.24 bits per heavy atom. The van der Waals surface area contributed by atoms with Crippen molar-refractivity contribution >= 4 is 22.8 Å². The van der Waals surface area contributed by atoms with E-state index in [4.69, 9.17) is 14.2 Å². The molecular weight excluding hydrogens is 430 g/mol. The minimum atomic E-state index is -0.599. The number of nitrogens with zero attached hydrogens (tertiary/aromatic N) is 2. The van der Waals surface area contributed by atoms with Crippen LogP contribution in [0, 0.1) is 0 Å². The summed E-state index contributed by atoms with van der Waals surface area (Å²) < 4.78 is 16.4. The van der Waals surface area contributed by atoms with Crippen LogP contribution in [0.5, 0.6) is 11.5 Å². The van der Waals surface area contributed by atoms with Crippen LogP contribution in [0.25, 0.3) is 10.9 Å². The molecule has 3 aromatic rings. The second-order valence-electron chi connectivity index (χ2n) is 7.20. The zero-order chi connectivity index (χ0) is 24.1. The minimum Gasteiger partial charge on any atom is -0.497 e. The molecule has 1 N–H and O–H groups in total. The number of ether oxygens (including phenoxy) is 3. The van der Waals surface area contributed by atoms with Crippen molar-refractivity contribution in [3.8, 4) is 11.5 Å². The molecule has 0 unspecified atom stereocenters. The molecule has 0 aliphatic heterocycles. The molecule has 10 nitrogen and oxygen atoms in total. The van der Waals surface area contributed by atoms with E-state index in [9.17, 15) is 19.2 Å². The number of methoxy groups -OCH3 is 3. The van der Waals surface area contributed by atoms with Crippen LogP contribution in [0.3, 0.4) is 0 Å². The number of fused-ring (bicyclic) bond motifs is 1. The average Bonchev–Trinajstić information content (AvgIpc) is 2.82. The third-order valence-electron chi connectivity index (χ3n) is 5.16. The van der Waals surface area contributed by atoms with Gasteiger partial charge in [-0.25, -0.2) is 4.79 Å². The molecule has 33 heavy (non-hydrogen) atoms. The number of nitrogens with one attached hydrogen (secondary N) is 1. The first-order valence-corrected chi connectivity index (χ1v) is 10.2. The second-order valence-corrected chi connectivity index (χ2v) is 7.20. The summed E-state index contributed by atoms with van der Waals surface area (Å²) in [4.78, 5) is 53.9. The Bertz CT molecular complexity index is 1290. The summed E-state index contributed by atoms with van der Waals surface area (Å²) in [7, 11) is 4.26. The van der Waals surface area contributed by atoms with Crippen molar-refractivity contribution in [1.82, 2.24) is 14.5 Å². The average molecular weight is 455 g/mol. The largest absolute Gasteiger partial charge is 0.497 e. The third kappa shape index (κ3) is 5.05.